The quantitative estimate of drug-likeness (QED) is 0.645. The Balaban J connectivity index is 2.30. The third-order valence-electron chi connectivity index (χ3n) is 1.99. The molecule has 3 aromatic heterocycles. The van der Waals surface area contributed by atoms with Crippen LogP contribution in [0.2, 0.25) is 0 Å². The van der Waals surface area contributed by atoms with Crippen LogP contribution in [0.15, 0.2) is 30.2 Å². The van der Waals surface area contributed by atoms with Crippen molar-refractivity contribution in [1.29, 1.82) is 0 Å². The lowest BCUT2D eigenvalue weighted by molar-refractivity contribution is 0.852. The summed E-state index contributed by atoms with van der Waals surface area (Å²) in [5, 5.41) is 6.25. The summed E-state index contributed by atoms with van der Waals surface area (Å²) in [6, 6.07) is 1.99. The van der Waals surface area contributed by atoms with E-state index in [1.807, 2.05) is 23.8 Å². The van der Waals surface area contributed by atoms with Gasteiger partial charge in [-0.05, 0) is 34.0 Å². The van der Waals surface area contributed by atoms with Crippen LogP contribution in [0.3, 0.4) is 0 Å². The van der Waals surface area contributed by atoms with E-state index in [1.165, 1.54) is 0 Å². The number of nitrogens with zero attached hydrogens (tertiary/aromatic N) is 4. The van der Waals surface area contributed by atoms with E-state index in [1.54, 1.807) is 22.3 Å². The van der Waals surface area contributed by atoms with E-state index in [9.17, 15) is 0 Å². The molecule has 0 aliphatic heterocycles. The van der Waals surface area contributed by atoms with Crippen LogP contribution in [0, 0.1) is 3.57 Å². The smallest absolute Gasteiger partial charge is 0.174 e. The van der Waals surface area contributed by atoms with Crippen LogP contribution in [0.4, 0.5) is 0 Å². The molecule has 3 rings (SSSR count). The molecule has 4 nitrogen and oxygen atoms in total. The van der Waals surface area contributed by atoms with Crippen molar-refractivity contribution in [1.82, 2.24) is 19.7 Å². The largest absolute Gasteiger partial charge is 0.235 e. The van der Waals surface area contributed by atoms with E-state index >= 15 is 0 Å². The van der Waals surface area contributed by atoms with Gasteiger partial charge in [-0.2, -0.15) is 5.10 Å². The van der Waals surface area contributed by atoms with Gasteiger partial charge >= 0.3 is 0 Å². The Morgan fingerprint density at radius 1 is 1.33 bits per heavy atom. The highest BCUT2D eigenvalue weighted by atomic mass is 127. The lowest BCUT2D eigenvalue weighted by Crippen LogP contribution is -1.98. The SMILES string of the molecule is Ic1cnn(-c2ncnc3ccsc23)c1. The maximum atomic E-state index is 4.26. The van der Waals surface area contributed by atoms with Crippen molar-refractivity contribution in [2.75, 3.05) is 0 Å². The lowest BCUT2D eigenvalue weighted by Gasteiger charge is -1.99. The molecule has 0 radical (unpaired) electrons. The van der Waals surface area contributed by atoms with Crippen molar-refractivity contribution in [2.45, 2.75) is 0 Å². The Morgan fingerprint density at radius 3 is 3.07 bits per heavy atom. The first-order valence-electron chi connectivity index (χ1n) is 4.23. The zero-order valence-corrected chi connectivity index (χ0v) is 10.4. The Hall–Kier alpha value is -1.02. The Morgan fingerprint density at radius 2 is 2.27 bits per heavy atom. The molecular formula is C9H5IN4S. The van der Waals surface area contributed by atoms with E-state index in [0.717, 1.165) is 19.6 Å². The molecule has 15 heavy (non-hydrogen) atoms. The Labute approximate surface area is 103 Å². The molecule has 0 bridgehead atoms. The third-order valence-corrected chi connectivity index (χ3v) is 3.45. The van der Waals surface area contributed by atoms with Crippen molar-refractivity contribution in [2.24, 2.45) is 0 Å². The number of thiophene rings is 1. The van der Waals surface area contributed by atoms with Crippen LogP contribution in [-0.2, 0) is 0 Å². The summed E-state index contributed by atoms with van der Waals surface area (Å²) in [6.07, 6.45) is 5.32. The van der Waals surface area contributed by atoms with Gasteiger partial charge in [0.1, 0.15) is 6.33 Å². The monoisotopic (exact) mass is 328 g/mol. The van der Waals surface area contributed by atoms with Gasteiger partial charge in [0.05, 0.1) is 20.0 Å². The highest BCUT2D eigenvalue weighted by molar-refractivity contribution is 14.1. The lowest BCUT2D eigenvalue weighted by atomic mass is 10.4. The first-order chi connectivity index (χ1) is 7.34. The van der Waals surface area contributed by atoms with Gasteiger partial charge in [-0.25, -0.2) is 14.6 Å². The van der Waals surface area contributed by atoms with Gasteiger partial charge in [-0.3, -0.25) is 0 Å². The molecule has 0 aromatic carbocycles. The molecule has 74 valence electrons. The van der Waals surface area contributed by atoms with Crippen LogP contribution < -0.4 is 0 Å². The van der Waals surface area contributed by atoms with E-state index in [0.29, 0.717) is 0 Å². The molecule has 0 amide bonds. The maximum Gasteiger partial charge on any atom is 0.174 e. The summed E-state index contributed by atoms with van der Waals surface area (Å²) < 4.78 is 3.94. The van der Waals surface area contributed by atoms with Gasteiger partial charge in [0.15, 0.2) is 5.82 Å². The van der Waals surface area contributed by atoms with Crippen molar-refractivity contribution in [3.63, 3.8) is 0 Å². The third kappa shape index (κ3) is 1.53. The summed E-state index contributed by atoms with van der Waals surface area (Å²) in [6.45, 7) is 0. The topological polar surface area (TPSA) is 43.6 Å². The molecule has 0 saturated heterocycles. The van der Waals surface area contributed by atoms with E-state index in [4.69, 9.17) is 0 Å². The molecule has 0 aliphatic carbocycles. The zero-order valence-electron chi connectivity index (χ0n) is 7.46. The van der Waals surface area contributed by atoms with Gasteiger partial charge < -0.3 is 0 Å². The maximum absolute atomic E-state index is 4.26. The summed E-state index contributed by atoms with van der Waals surface area (Å²) >= 11 is 3.86. The molecule has 0 unspecified atom stereocenters. The summed E-state index contributed by atoms with van der Waals surface area (Å²) in [4.78, 5) is 8.45. The van der Waals surface area contributed by atoms with Crippen molar-refractivity contribution < 1.29 is 0 Å². The molecule has 0 atom stereocenters. The fourth-order valence-electron chi connectivity index (χ4n) is 1.36. The van der Waals surface area contributed by atoms with Crippen LogP contribution in [0.5, 0.6) is 0 Å². The normalized spacial score (nSPS) is 11.0. The fraction of sp³-hybridized carbons (Fsp3) is 0. The average molecular weight is 328 g/mol. The molecule has 0 spiro atoms. The molecule has 3 heterocycles. The van der Waals surface area contributed by atoms with Gasteiger partial charge in [-0.15, -0.1) is 11.3 Å². The van der Waals surface area contributed by atoms with Crippen molar-refractivity contribution in [3.8, 4) is 5.82 Å². The standard InChI is InChI=1S/C9H5IN4S/c10-6-3-13-14(4-6)9-8-7(1-2-15-8)11-5-12-9/h1-5H. The predicted octanol–water partition coefficient (Wildman–Crippen LogP) is 2.48. The van der Waals surface area contributed by atoms with Gasteiger partial charge in [-0.1, -0.05) is 0 Å². The van der Waals surface area contributed by atoms with Crippen LogP contribution in [-0.4, -0.2) is 19.7 Å². The van der Waals surface area contributed by atoms with Crippen LogP contribution in [0.25, 0.3) is 16.0 Å². The average Bonchev–Trinajstić information content (AvgIpc) is 2.84. The molecule has 0 saturated carbocycles. The van der Waals surface area contributed by atoms with E-state index in [-0.39, 0.29) is 0 Å². The summed E-state index contributed by atoms with van der Waals surface area (Å²) in [5.41, 5.74) is 0.968. The second kappa shape index (κ2) is 3.53. The van der Waals surface area contributed by atoms with E-state index < -0.39 is 0 Å². The first-order valence-corrected chi connectivity index (χ1v) is 6.19. The molecule has 3 aromatic rings. The van der Waals surface area contributed by atoms with Crippen molar-refractivity contribution >= 4 is 44.1 Å². The number of hydrogen-bond acceptors (Lipinski definition) is 4. The second-order valence-electron chi connectivity index (χ2n) is 2.94. The fourth-order valence-corrected chi connectivity index (χ4v) is 2.57. The number of halogens is 1. The first kappa shape index (κ1) is 9.22. The molecule has 6 heteroatoms. The minimum absolute atomic E-state index is 0.845. The van der Waals surface area contributed by atoms with Gasteiger partial charge in [0.2, 0.25) is 0 Å². The van der Waals surface area contributed by atoms with Gasteiger partial charge in [0, 0.05) is 6.20 Å². The Kier molecular flexibility index (Phi) is 2.17. The second-order valence-corrected chi connectivity index (χ2v) is 5.10. The number of aromatic nitrogens is 4. The molecule has 0 N–H and O–H groups in total. The predicted molar refractivity (Wildman–Crippen MR) is 67.3 cm³/mol. The van der Waals surface area contributed by atoms with Crippen LogP contribution >= 0.6 is 33.9 Å². The number of rotatable bonds is 1. The molecule has 0 aliphatic rings. The molecule has 0 fully saturated rings. The highest BCUT2D eigenvalue weighted by Gasteiger charge is 2.07. The van der Waals surface area contributed by atoms with Crippen LogP contribution in [0.1, 0.15) is 0 Å². The zero-order chi connectivity index (χ0) is 10.3. The highest BCUT2D eigenvalue weighted by Crippen LogP contribution is 2.23. The number of hydrogen-bond donors (Lipinski definition) is 0. The minimum Gasteiger partial charge on any atom is -0.235 e. The number of fused-ring (bicyclic) bond motifs is 1. The Bertz CT molecular complexity index is 615. The summed E-state index contributed by atoms with van der Waals surface area (Å²) in [5.74, 6) is 0.845. The van der Waals surface area contributed by atoms with Gasteiger partial charge in [0.25, 0.3) is 0 Å². The minimum atomic E-state index is 0.845. The van der Waals surface area contributed by atoms with Crippen molar-refractivity contribution in [3.05, 3.63) is 33.7 Å². The van der Waals surface area contributed by atoms with E-state index in [2.05, 4.69) is 37.7 Å². The summed E-state index contributed by atoms with van der Waals surface area (Å²) in [7, 11) is 0. The molecular weight excluding hydrogens is 323 g/mol.